The van der Waals surface area contributed by atoms with E-state index in [1.54, 1.807) is 6.92 Å². The molecule has 7 nitrogen and oxygen atoms in total. The summed E-state index contributed by atoms with van der Waals surface area (Å²) in [5, 5.41) is 2.55. The summed E-state index contributed by atoms with van der Waals surface area (Å²) in [4.78, 5) is 28.0. The molecule has 1 amide bonds. The first-order valence-electron chi connectivity index (χ1n) is 6.98. The van der Waals surface area contributed by atoms with Gasteiger partial charge in [-0.1, -0.05) is 12.1 Å². The van der Waals surface area contributed by atoms with E-state index in [0.717, 1.165) is 11.0 Å². The van der Waals surface area contributed by atoms with E-state index in [2.05, 4.69) is 10.3 Å². The Kier molecular flexibility index (Phi) is 4.98. The van der Waals surface area contributed by atoms with Crippen molar-refractivity contribution >= 4 is 23.1 Å². The Balaban J connectivity index is 2.29. The van der Waals surface area contributed by atoms with Crippen LogP contribution in [0.5, 0.6) is 0 Å². The van der Waals surface area contributed by atoms with Crippen LogP contribution in [-0.4, -0.2) is 41.9 Å². The highest BCUT2D eigenvalue weighted by Gasteiger charge is 2.27. The van der Waals surface area contributed by atoms with Crippen LogP contribution >= 0.6 is 0 Å². The van der Waals surface area contributed by atoms with Crippen LogP contribution in [0, 0.1) is 0 Å². The van der Waals surface area contributed by atoms with Gasteiger partial charge >= 0.3 is 12.1 Å². The summed E-state index contributed by atoms with van der Waals surface area (Å²) >= 11 is 0. The van der Waals surface area contributed by atoms with Crippen molar-refractivity contribution < 1.29 is 19.1 Å². The third-order valence-corrected chi connectivity index (χ3v) is 3.35. The van der Waals surface area contributed by atoms with E-state index in [0.29, 0.717) is 5.82 Å². The first-order valence-corrected chi connectivity index (χ1v) is 6.98. The summed E-state index contributed by atoms with van der Waals surface area (Å²) in [7, 11) is 3.13. The minimum atomic E-state index is -0.702. The molecule has 0 saturated carbocycles. The van der Waals surface area contributed by atoms with Crippen molar-refractivity contribution in [1.29, 1.82) is 0 Å². The van der Waals surface area contributed by atoms with Crippen molar-refractivity contribution in [2.75, 3.05) is 20.3 Å². The molecule has 0 bridgehead atoms. The average molecular weight is 305 g/mol. The third-order valence-electron chi connectivity index (χ3n) is 3.35. The lowest BCUT2D eigenvalue weighted by atomic mass is 10.1. The number of fused-ring (bicyclic) bond motifs is 1. The predicted octanol–water partition coefficient (Wildman–Crippen LogP) is 1.58. The summed E-state index contributed by atoms with van der Waals surface area (Å²) in [5.41, 5.74) is 1.69. The van der Waals surface area contributed by atoms with Crippen molar-refractivity contribution in [3.05, 3.63) is 30.1 Å². The molecule has 22 heavy (non-hydrogen) atoms. The Labute approximate surface area is 128 Å². The van der Waals surface area contributed by atoms with Gasteiger partial charge in [0.2, 0.25) is 0 Å². The number of rotatable bonds is 5. The number of amides is 1. The molecule has 0 aliphatic carbocycles. The number of nitrogens with one attached hydrogen (secondary N) is 1. The minimum absolute atomic E-state index is 0.0582. The predicted molar refractivity (Wildman–Crippen MR) is 80.5 cm³/mol. The number of hydrogen-bond acceptors (Lipinski definition) is 5. The lowest BCUT2D eigenvalue weighted by Gasteiger charge is -2.15. The van der Waals surface area contributed by atoms with Crippen LogP contribution in [0.3, 0.4) is 0 Å². The smallest absolute Gasteiger partial charge is 0.407 e. The fourth-order valence-corrected chi connectivity index (χ4v) is 2.27. The molecule has 1 aromatic heterocycles. The first kappa shape index (κ1) is 15.8. The van der Waals surface area contributed by atoms with Crippen LogP contribution in [0.4, 0.5) is 4.79 Å². The Hall–Kier alpha value is -2.57. The highest BCUT2D eigenvalue weighted by Crippen LogP contribution is 2.21. The van der Waals surface area contributed by atoms with Crippen LogP contribution in [0.15, 0.2) is 24.3 Å². The molecule has 0 radical (unpaired) electrons. The van der Waals surface area contributed by atoms with Gasteiger partial charge in [-0.3, -0.25) is 4.79 Å². The maximum Gasteiger partial charge on any atom is 0.407 e. The number of carbonyl (C=O) groups excluding carboxylic acids is 2. The number of aromatic nitrogens is 2. The number of carbonyl (C=O) groups is 2. The first-order chi connectivity index (χ1) is 10.6. The monoisotopic (exact) mass is 305 g/mol. The number of alkyl carbamates (subject to hydrolysis) is 1. The highest BCUT2D eigenvalue weighted by molar-refractivity contribution is 5.82. The average Bonchev–Trinajstić information content (AvgIpc) is 2.85. The fraction of sp³-hybridized carbons (Fsp3) is 0.400. The molecule has 1 N–H and O–H groups in total. The quantitative estimate of drug-likeness (QED) is 0.848. The molecule has 118 valence electrons. The van der Waals surface area contributed by atoms with Gasteiger partial charge in [-0.25, -0.2) is 9.78 Å². The van der Waals surface area contributed by atoms with Crippen LogP contribution in [0.25, 0.3) is 11.0 Å². The fourth-order valence-electron chi connectivity index (χ4n) is 2.27. The van der Waals surface area contributed by atoms with Gasteiger partial charge in [-0.15, -0.1) is 0 Å². The van der Waals surface area contributed by atoms with Gasteiger partial charge < -0.3 is 19.4 Å². The molecule has 0 fully saturated rings. The topological polar surface area (TPSA) is 82.4 Å². The summed E-state index contributed by atoms with van der Waals surface area (Å²) in [6, 6.07) is 7.56. The Morgan fingerprint density at radius 2 is 2.09 bits per heavy atom. The van der Waals surface area contributed by atoms with Gasteiger partial charge in [0.1, 0.15) is 11.7 Å². The van der Waals surface area contributed by atoms with Crippen molar-refractivity contribution in [1.82, 2.24) is 14.9 Å². The van der Waals surface area contributed by atoms with Crippen molar-refractivity contribution in [2.24, 2.45) is 7.05 Å². The number of aryl methyl sites for hydroxylation is 1. The maximum atomic E-state index is 12.0. The molecule has 0 aliphatic heterocycles. The number of esters is 1. The molecule has 0 saturated heterocycles. The number of para-hydroxylation sites is 2. The van der Waals surface area contributed by atoms with Crippen LogP contribution in [0.2, 0.25) is 0 Å². The lowest BCUT2D eigenvalue weighted by molar-refractivity contribution is -0.142. The standard InChI is InChI=1S/C15H19N3O4/c1-4-22-15(20)16-9-10(14(19)21-3)13-17-11-7-5-6-8-12(11)18(13)2/h5-8,10H,4,9H2,1-3H3,(H,16,20). The number of imidazole rings is 1. The lowest BCUT2D eigenvalue weighted by Crippen LogP contribution is -2.33. The van der Waals surface area contributed by atoms with Crippen LogP contribution in [-0.2, 0) is 21.3 Å². The summed E-state index contributed by atoms with van der Waals surface area (Å²) in [6.07, 6.45) is -0.574. The number of methoxy groups -OCH3 is 1. The second-order valence-electron chi connectivity index (χ2n) is 4.69. The molecule has 1 heterocycles. The summed E-state index contributed by atoms with van der Waals surface area (Å²) in [5.74, 6) is -0.633. The SMILES string of the molecule is CCOC(=O)NCC(C(=O)OC)c1nc2ccccc2n1C. The molecule has 1 unspecified atom stereocenters. The van der Waals surface area contributed by atoms with Gasteiger partial charge in [0, 0.05) is 13.6 Å². The summed E-state index contributed by atoms with van der Waals surface area (Å²) < 4.78 is 11.5. The Morgan fingerprint density at radius 3 is 2.73 bits per heavy atom. The summed E-state index contributed by atoms with van der Waals surface area (Å²) in [6.45, 7) is 2.03. The molecule has 1 aromatic carbocycles. The zero-order chi connectivity index (χ0) is 16.1. The second-order valence-corrected chi connectivity index (χ2v) is 4.69. The number of hydrogen-bond donors (Lipinski definition) is 1. The maximum absolute atomic E-state index is 12.0. The van der Waals surface area contributed by atoms with Gasteiger partial charge in [-0.2, -0.15) is 0 Å². The van der Waals surface area contributed by atoms with E-state index in [4.69, 9.17) is 9.47 Å². The second kappa shape index (κ2) is 6.93. The van der Waals surface area contributed by atoms with Gasteiger partial charge in [0.05, 0.1) is 24.8 Å². The van der Waals surface area contributed by atoms with Crippen molar-refractivity contribution in [2.45, 2.75) is 12.8 Å². The van der Waals surface area contributed by atoms with E-state index in [-0.39, 0.29) is 13.2 Å². The Bertz CT molecular complexity index is 680. The van der Waals surface area contributed by atoms with Crippen molar-refractivity contribution in [3.63, 3.8) is 0 Å². The Morgan fingerprint density at radius 1 is 1.36 bits per heavy atom. The largest absolute Gasteiger partial charge is 0.468 e. The highest BCUT2D eigenvalue weighted by atomic mass is 16.5. The van der Waals surface area contributed by atoms with E-state index in [1.807, 2.05) is 35.9 Å². The number of benzene rings is 1. The molecule has 2 rings (SSSR count). The van der Waals surface area contributed by atoms with E-state index >= 15 is 0 Å². The van der Waals surface area contributed by atoms with Crippen LogP contribution in [0.1, 0.15) is 18.7 Å². The molecular weight excluding hydrogens is 286 g/mol. The third kappa shape index (κ3) is 3.19. The molecule has 2 aromatic rings. The van der Waals surface area contributed by atoms with Gasteiger partial charge in [0.25, 0.3) is 0 Å². The number of ether oxygens (including phenoxy) is 2. The number of nitrogens with zero attached hydrogens (tertiary/aromatic N) is 2. The molecule has 0 spiro atoms. The zero-order valence-electron chi connectivity index (χ0n) is 12.8. The van der Waals surface area contributed by atoms with Crippen molar-refractivity contribution in [3.8, 4) is 0 Å². The van der Waals surface area contributed by atoms with E-state index in [1.165, 1.54) is 7.11 Å². The molecular formula is C15H19N3O4. The normalized spacial score (nSPS) is 12.0. The zero-order valence-corrected chi connectivity index (χ0v) is 12.8. The van der Waals surface area contributed by atoms with Gasteiger partial charge in [0.15, 0.2) is 0 Å². The molecule has 7 heteroatoms. The van der Waals surface area contributed by atoms with Crippen LogP contribution < -0.4 is 5.32 Å². The van der Waals surface area contributed by atoms with Gasteiger partial charge in [-0.05, 0) is 19.1 Å². The molecule has 1 atom stereocenters. The minimum Gasteiger partial charge on any atom is -0.468 e. The van der Waals surface area contributed by atoms with E-state index in [9.17, 15) is 9.59 Å². The van der Waals surface area contributed by atoms with E-state index < -0.39 is 18.0 Å². The molecule has 0 aliphatic rings.